The number of aryl methyl sites for hydroxylation is 2. The van der Waals surface area contributed by atoms with Crippen molar-refractivity contribution in [3.05, 3.63) is 129 Å². The zero-order valence-corrected chi connectivity index (χ0v) is 41.2. The van der Waals surface area contributed by atoms with Crippen molar-refractivity contribution in [1.29, 1.82) is 0 Å². The SMILES string of the molecule is FC(F)(F)c1cccc([C@@H]2CCCCn3nc(CC4[C@@H]5CC[C@H]4CN(c4cnnc(Cl)c4)C5)nc32)c1.FC(F)(F)c1cccc([C@H]2CCCCn3nc(CC4[C@@H]5CC[C@H]4CN(c4cnnc(Cl)c4)C5)nc32)c1. The van der Waals surface area contributed by atoms with Crippen LogP contribution in [0.3, 0.4) is 0 Å². The van der Waals surface area contributed by atoms with Gasteiger partial charge < -0.3 is 9.80 Å². The summed E-state index contributed by atoms with van der Waals surface area (Å²) in [5.74, 6) is 6.11. The summed E-state index contributed by atoms with van der Waals surface area (Å²) in [6, 6.07) is 15.2. The number of fused-ring (bicyclic) bond motifs is 6. The minimum Gasteiger partial charge on any atom is -0.370 e. The number of aromatic nitrogens is 10. The van der Waals surface area contributed by atoms with E-state index in [-0.39, 0.29) is 11.8 Å². The highest BCUT2D eigenvalue weighted by atomic mass is 35.5. The maximum absolute atomic E-state index is 13.4. The molecule has 2 unspecified atom stereocenters. The number of nitrogens with zero attached hydrogens (tertiary/aromatic N) is 12. The van der Waals surface area contributed by atoms with Gasteiger partial charge in [-0.1, -0.05) is 72.4 Å². The predicted molar refractivity (Wildman–Crippen MR) is 260 cm³/mol. The van der Waals surface area contributed by atoms with Crippen LogP contribution in [0.5, 0.6) is 0 Å². The zero-order valence-electron chi connectivity index (χ0n) is 39.7. The van der Waals surface area contributed by atoms with Crippen molar-refractivity contribution in [2.75, 3.05) is 36.0 Å². The lowest BCUT2D eigenvalue weighted by atomic mass is 9.82. The molecule has 2 aromatic carbocycles. The van der Waals surface area contributed by atoms with Crippen molar-refractivity contribution in [3.63, 3.8) is 0 Å². The Labute approximate surface area is 423 Å². The molecule has 2 aliphatic carbocycles. The van der Waals surface area contributed by atoms with Gasteiger partial charge in [-0.2, -0.15) is 46.7 Å². The van der Waals surface area contributed by atoms with E-state index < -0.39 is 23.5 Å². The van der Waals surface area contributed by atoms with Crippen LogP contribution >= 0.6 is 23.2 Å². The van der Waals surface area contributed by atoms with Crippen LogP contribution < -0.4 is 9.80 Å². The van der Waals surface area contributed by atoms with E-state index in [0.717, 1.165) is 137 Å². The second-order valence-electron chi connectivity index (χ2n) is 20.8. The molecular formula is C52H56Cl2F6N12. The normalized spacial score (nSPS) is 26.1. The molecule has 6 aliphatic rings. The molecule has 2 saturated carbocycles. The maximum atomic E-state index is 13.4. The Morgan fingerprint density at radius 2 is 0.917 bits per heavy atom. The van der Waals surface area contributed by atoms with Crippen molar-refractivity contribution in [3.8, 4) is 0 Å². The molecule has 4 aliphatic heterocycles. The molecule has 0 spiro atoms. The lowest BCUT2D eigenvalue weighted by molar-refractivity contribution is -0.138. The van der Waals surface area contributed by atoms with Crippen LogP contribution in [-0.2, 0) is 38.3 Å². The molecule has 0 radical (unpaired) electrons. The number of benzene rings is 2. The van der Waals surface area contributed by atoms with E-state index in [1.807, 2.05) is 21.5 Å². The maximum Gasteiger partial charge on any atom is 0.416 e. The number of halogens is 8. The molecule has 8 heterocycles. The van der Waals surface area contributed by atoms with Crippen LogP contribution in [0.2, 0.25) is 10.3 Å². The van der Waals surface area contributed by atoms with Crippen molar-refractivity contribution in [2.45, 2.75) is 114 Å². The molecule has 0 N–H and O–H groups in total. The first-order valence-corrected chi connectivity index (χ1v) is 26.1. The fraction of sp³-hybridized carbons (Fsp3) is 0.538. The summed E-state index contributed by atoms with van der Waals surface area (Å²) in [6.07, 6.45) is 6.54. The van der Waals surface area contributed by atoms with Crippen LogP contribution in [0, 0.1) is 35.5 Å². The summed E-state index contributed by atoms with van der Waals surface area (Å²) < 4.78 is 84.1. The highest BCUT2D eigenvalue weighted by molar-refractivity contribution is 6.29. The van der Waals surface area contributed by atoms with Gasteiger partial charge in [0.1, 0.15) is 11.6 Å². The molecule has 4 aromatic heterocycles. The number of rotatable bonds is 8. The Hall–Kier alpha value is -5.36. The molecule has 72 heavy (non-hydrogen) atoms. The van der Waals surface area contributed by atoms with E-state index in [1.54, 1.807) is 24.5 Å². The van der Waals surface area contributed by atoms with Gasteiger partial charge in [0.15, 0.2) is 22.0 Å². The summed E-state index contributed by atoms with van der Waals surface area (Å²) in [5.41, 5.74) is 2.16. The summed E-state index contributed by atoms with van der Waals surface area (Å²) in [4.78, 5) is 14.6. The molecule has 380 valence electrons. The number of alkyl halides is 6. The third-order valence-corrected chi connectivity index (χ3v) is 16.8. The first kappa shape index (κ1) is 48.9. The van der Waals surface area contributed by atoms with Crippen LogP contribution in [0.4, 0.5) is 37.7 Å². The quantitative estimate of drug-likeness (QED) is 0.136. The minimum absolute atomic E-state index is 0.168. The minimum atomic E-state index is -4.36. The number of anilines is 2. The average Bonchev–Trinajstić information content (AvgIpc) is 3.96. The van der Waals surface area contributed by atoms with Gasteiger partial charge in [0.2, 0.25) is 0 Å². The van der Waals surface area contributed by atoms with Crippen LogP contribution in [0.25, 0.3) is 0 Å². The number of hydrogen-bond donors (Lipinski definition) is 0. The van der Waals surface area contributed by atoms with Gasteiger partial charge in [-0.25, -0.2) is 19.3 Å². The van der Waals surface area contributed by atoms with Crippen LogP contribution in [0.1, 0.15) is 122 Å². The highest BCUT2D eigenvalue weighted by Gasteiger charge is 2.45. The monoisotopic (exact) mass is 1030 g/mol. The van der Waals surface area contributed by atoms with Crippen LogP contribution in [0.15, 0.2) is 73.1 Å². The smallest absolute Gasteiger partial charge is 0.370 e. The summed E-state index contributed by atoms with van der Waals surface area (Å²) >= 11 is 12.1. The third kappa shape index (κ3) is 10.4. The molecular weight excluding hydrogens is 978 g/mol. The molecule has 6 aromatic rings. The lowest BCUT2D eigenvalue weighted by Gasteiger charge is -2.38. The van der Waals surface area contributed by atoms with Gasteiger partial charge in [-0.3, -0.25) is 0 Å². The Bertz CT molecular complexity index is 2650. The van der Waals surface area contributed by atoms with Gasteiger partial charge in [-0.05, 0) is 110 Å². The number of piperidine rings is 2. The van der Waals surface area contributed by atoms with E-state index in [2.05, 4.69) is 30.2 Å². The molecule has 8 atom stereocenters. The first-order valence-electron chi connectivity index (χ1n) is 25.4. The lowest BCUT2D eigenvalue weighted by Crippen LogP contribution is -2.42. The predicted octanol–water partition coefficient (Wildman–Crippen LogP) is 11.5. The van der Waals surface area contributed by atoms with Gasteiger partial charge in [0, 0.05) is 76.1 Å². The molecule has 4 fully saturated rings. The third-order valence-electron chi connectivity index (χ3n) is 16.4. The van der Waals surface area contributed by atoms with Gasteiger partial charge in [0.25, 0.3) is 0 Å². The fourth-order valence-corrected chi connectivity index (χ4v) is 13.3. The van der Waals surface area contributed by atoms with E-state index in [4.69, 9.17) is 43.4 Å². The second kappa shape index (κ2) is 20.2. The molecule has 4 bridgehead atoms. The zero-order chi connectivity index (χ0) is 49.7. The van der Waals surface area contributed by atoms with Crippen molar-refractivity contribution in [2.24, 2.45) is 35.5 Å². The van der Waals surface area contributed by atoms with E-state index in [9.17, 15) is 26.3 Å². The standard InChI is InChI=1S/2C26H28ClF3N6/c2*27-23-11-20(13-31-33-23)35-14-17-7-8-18(15-35)22(17)12-24-32-25-21(6-1-2-9-36(25)34-24)16-4-3-5-19(10-16)26(28,29)30/h2*3-5,10-11,13,17-18,21-22H,1-2,6-9,12,14-15H2/t2*17-,18+,21-,22?/m10/s1. The Morgan fingerprint density at radius 1 is 0.514 bits per heavy atom. The molecule has 12 rings (SSSR count). The average molecular weight is 1030 g/mol. The Kier molecular flexibility index (Phi) is 13.7. The summed E-state index contributed by atoms with van der Waals surface area (Å²) in [5, 5.41) is 26.3. The Balaban J connectivity index is 0.000000156. The van der Waals surface area contributed by atoms with Crippen LogP contribution in [-0.4, -0.2) is 76.1 Å². The first-order chi connectivity index (χ1) is 34.7. The number of hydrogen-bond acceptors (Lipinski definition) is 10. The Morgan fingerprint density at radius 3 is 1.29 bits per heavy atom. The van der Waals surface area contributed by atoms with Gasteiger partial charge in [0.05, 0.1) is 34.9 Å². The van der Waals surface area contributed by atoms with Crippen molar-refractivity contribution < 1.29 is 26.3 Å². The van der Waals surface area contributed by atoms with Gasteiger partial charge in [-0.15, -0.1) is 10.2 Å². The van der Waals surface area contributed by atoms with E-state index >= 15 is 0 Å². The molecule has 20 heteroatoms. The summed E-state index contributed by atoms with van der Waals surface area (Å²) in [7, 11) is 0. The second-order valence-corrected chi connectivity index (χ2v) is 21.6. The molecule has 12 nitrogen and oxygen atoms in total. The van der Waals surface area contributed by atoms with E-state index in [1.165, 1.54) is 49.9 Å². The fourth-order valence-electron chi connectivity index (χ4n) is 13.0. The van der Waals surface area contributed by atoms with Crippen molar-refractivity contribution in [1.82, 2.24) is 49.9 Å². The van der Waals surface area contributed by atoms with E-state index in [0.29, 0.717) is 56.9 Å². The van der Waals surface area contributed by atoms with Crippen molar-refractivity contribution >= 4 is 34.6 Å². The molecule has 0 amide bonds. The highest BCUT2D eigenvalue weighted by Crippen LogP contribution is 2.47. The topological polar surface area (TPSA) is 119 Å². The largest absolute Gasteiger partial charge is 0.416 e. The summed E-state index contributed by atoms with van der Waals surface area (Å²) in [6.45, 7) is 5.32. The van der Waals surface area contributed by atoms with Gasteiger partial charge >= 0.3 is 12.4 Å². The molecule has 2 saturated heterocycles.